The molecule has 1 aromatic heterocycles. The van der Waals surface area contributed by atoms with E-state index in [0.29, 0.717) is 18.3 Å². The number of hydrogen-bond donors (Lipinski definition) is 1. The van der Waals surface area contributed by atoms with Crippen LogP contribution >= 0.6 is 0 Å². The van der Waals surface area contributed by atoms with Crippen molar-refractivity contribution >= 4 is 0 Å². The lowest BCUT2D eigenvalue weighted by molar-refractivity contribution is 0.0833. The molecule has 1 heterocycles. The number of nitrogens with two attached hydrogens (primary N) is 1. The zero-order valence-electron chi connectivity index (χ0n) is 12.1. The molecule has 0 saturated carbocycles. The third-order valence-corrected chi connectivity index (χ3v) is 3.13. The molecule has 0 fully saturated rings. The minimum atomic E-state index is -0.321. The van der Waals surface area contributed by atoms with Crippen molar-refractivity contribution in [3.8, 4) is 0 Å². The molecule has 0 bridgehead atoms. The van der Waals surface area contributed by atoms with E-state index < -0.39 is 0 Å². The third-order valence-electron chi connectivity index (χ3n) is 3.13. The summed E-state index contributed by atoms with van der Waals surface area (Å²) in [6.45, 7) is 6.55. The van der Waals surface area contributed by atoms with Crippen LogP contribution in [-0.4, -0.2) is 16.7 Å². The molecule has 0 spiro atoms. The number of aromatic nitrogens is 2. The van der Waals surface area contributed by atoms with Gasteiger partial charge in [0.2, 0.25) is 11.7 Å². The van der Waals surface area contributed by atoms with Gasteiger partial charge in [0.1, 0.15) is 6.10 Å². The fourth-order valence-corrected chi connectivity index (χ4v) is 1.89. The summed E-state index contributed by atoms with van der Waals surface area (Å²) in [5.74, 6) is 1.21. The highest BCUT2D eigenvalue weighted by Gasteiger charge is 2.24. The molecule has 0 aliphatic heterocycles. The van der Waals surface area contributed by atoms with Crippen LogP contribution in [0.2, 0.25) is 0 Å². The second-order valence-electron chi connectivity index (χ2n) is 5.01. The molecule has 0 radical (unpaired) electrons. The van der Waals surface area contributed by atoms with Crippen molar-refractivity contribution in [2.45, 2.75) is 32.9 Å². The van der Waals surface area contributed by atoms with Gasteiger partial charge in [0, 0.05) is 6.61 Å². The Labute approximate surface area is 119 Å². The highest BCUT2D eigenvalue weighted by molar-refractivity contribution is 5.22. The summed E-state index contributed by atoms with van der Waals surface area (Å²) in [5.41, 5.74) is 7.03. The van der Waals surface area contributed by atoms with Gasteiger partial charge in [-0.15, -0.1) is 0 Å². The number of rotatable bonds is 6. The van der Waals surface area contributed by atoms with E-state index in [2.05, 4.69) is 10.1 Å². The first-order valence-corrected chi connectivity index (χ1v) is 6.89. The molecule has 5 nitrogen and oxygen atoms in total. The van der Waals surface area contributed by atoms with Crippen molar-refractivity contribution in [3.63, 3.8) is 0 Å². The Kier molecular flexibility index (Phi) is 4.87. The quantitative estimate of drug-likeness (QED) is 0.877. The second-order valence-corrected chi connectivity index (χ2v) is 5.01. The van der Waals surface area contributed by atoms with Crippen LogP contribution in [0.1, 0.15) is 50.2 Å². The monoisotopic (exact) mass is 275 g/mol. The van der Waals surface area contributed by atoms with E-state index in [-0.39, 0.29) is 18.1 Å². The lowest BCUT2D eigenvalue weighted by atomic mass is 10.1. The minimum absolute atomic E-state index is 0.241. The molecule has 2 rings (SSSR count). The van der Waals surface area contributed by atoms with E-state index in [4.69, 9.17) is 15.0 Å². The van der Waals surface area contributed by atoms with E-state index in [1.54, 1.807) is 0 Å². The van der Waals surface area contributed by atoms with Gasteiger partial charge in [0.15, 0.2) is 0 Å². The zero-order chi connectivity index (χ0) is 14.5. The Morgan fingerprint density at radius 2 is 1.95 bits per heavy atom. The van der Waals surface area contributed by atoms with Gasteiger partial charge in [-0.1, -0.05) is 49.3 Å². The summed E-state index contributed by atoms with van der Waals surface area (Å²) >= 11 is 0. The Morgan fingerprint density at radius 3 is 2.55 bits per heavy atom. The normalized spacial score (nSPS) is 14.4. The standard InChI is InChI=1S/C15H21N3O2/c1-4-19-13(11-8-6-5-7-9-11)14-17-15(20-18-14)12(16)10(2)3/h5-10,12-13H,4,16H2,1-3H3/t12-,13?/m1/s1. The number of nitrogens with zero attached hydrogens (tertiary/aromatic N) is 2. The Bertz CT molecular complexity index is 525. The van der Waals surface area contributed by atoms with Crippen LogP contribution in [0.4, 0.5) is 0 Å². The van der Waals surface area contributed by atoms with Crippen LogP contribution in [0.15, 0.2) is 34.9 Å². The topological polar surface area (TPSA) is 74.2 Å². The first-order valence-electron chi connectivity index (χ1n) is 6.89. The zero-order valence-corrected chi connectivity index (χ0v) is 12.1. The molecule has 108 valence electrons. The molecule has 20 heavy (non-hydrogen) atoms. The summed E-state index contributed by atoms with van der Waals surface area (Å²) in [6, 6.07) is 9.60. The van der Waals surface area contributed by atoms with E-state index in [0.717, 1.165) is 5.56 Å². The predicted octanol–water partition coefficient (Wildman–Crippen LogP) is 2.85. The van der Waals surface area contributed by atoms with Gasteiger partial charge >= 0.3 is 0 Å². The highest BCUT2D eigenvalue weighted by Crippen LogP contribution is 2.25. The van der Waals surface area contributed by atoms with Gasteiger partial charge in [0.05, 0.1) is 6.04 Å². The summed E-state index contributed by atoms with van der Waals surface area (Å²) in [7, 11) is 0. The molecule has 5 heteroatoms. The Hall–Kier alpha value is -1.72. The van der Waals surface area contributed by atoms with Crippen LogP contribution in [0, 0.1) is 5.92 Å². The first-order chi connectivity index (χ1) is 9.63. The van der Waals surface area contributed by atoms with Gasteiger partial charge in [-0.2, -0.15) is 4.98 Å². The average molecular weight is 275 g/mol. The summed E-state index contributed by atoms with van der Waals surface area (Å²) in [4.78, 5) is 4.40. The van der Waals surface area contributed by atoms with E-state index in [9.17, 15) is 0 Å². The van der Waals surface area contributed by atoms with Crippen LogP contribution < -0.4 is 5.73 Å². The van der Waals surface area contributed by atoms with Crippen molar-refractivity contribution in [2.24, 2.45) is 11.7 Å². The number of benzene rings is 1. The molecule has 0 aliphatic rings. The highest BCUT2D eigenvalue weighted by atomic mass is 16.5. The molecule has 0 aliphatic carbocycles. The largest absolute Gasteiger partial charge is 0.366 e. The van der Waals surface area contributed by atoms with Gasteiger partial charge in [-0.05, 0) is 18.4 Å². The molecule has 1 unspecified atom stereocenters. The van der Waals surface area contributed by atoms with Crippen molar-refractivity contribution in [2.75, 3.05) is 6.61 Å². The fourth-order valence-electron chi connectivity index (χ4n) is 1.89. The Balaban J connectivity index is 2.27. The van der Waals surface area contributed by atoms with Crippen LogP contribution in [0.25, 0.3) is 0 Å². The molecule has 2 aromatic rings. The minimum Gasteiger partial charge on any atom is -0.366 e. The summed E-state index contributed by atoms with van der Waals surface area (Å²) in [5, 5.41) is 4.02. The fraction of sp³-hybridized carbons (Fsp3) is 0.467. The van der Waals surface area contributed by atoms with Crippen molar-refractivity contribution < 1.29 is 9.26 Å². The van der Waals surface area contributed by atoms with Crippen LogP contribution in [0.3, 0.4) is 0 Å². The maximum atomic E-state index is 6.03. The van der Waals surface area contributed by atoms with Crippen molar-refractivity contribution in [1.82, 2.24) is 10.1 Å². The van der Waals surface area contributed by atoms with E-state index >= 15 is 0 Å². The number of hydrogen-bond acceptors (Lipinski definition) is 5. The molecule has 2 N–H and O–H groups in total. The predicted molar refractivity (Wildman–Crippen MR) is 76.0 cm³/mol. The average Bonchev–Trinajstić information content (AvgIpc) is 2.94. The molecular formula is C15H21N3O2. The second kappa shape index (κ2) is 6.63. The van der Waals surface area contributed by atoms with Gasteiger partial charge < -0.3 is 15.0 Å². The van der Waals surface area contributed by atoms with Crippen LogP contribution in [0.5, 0.6) is 0 Å². The Morgan fingerprint density at radius 1 is 1.25 bits per heavy atom. The summed E-state index contributed by atoms with van der Waals surface area (Å²) < 4.78 is 11.0. The summed E-state index contributed by atoms with van der Waals surface area (Å²) in [6.07, 6.45) is -0.321. The molecule has 0 saturated heterocycles. The SMILES string of the molecule is CCOC(c1ccccc1)c1noc([C@H](N)C(C)C)n1. The van der Waals surface area contributed by atoms with Gasteiger partial charge in [0.25, 0.3) is 0 Å². The van der Waals surface area contributed by atoms with E-state index in [1.807, 2.05) is 51.1 Å². The molecule has 2 atom stereocenters. The third kappa shape index (κ3) is 3.23. The maximum absolute atomic E-state index is 6.03. The maximum Gasteiger partial charge on any atom is 0.243 e. The molecular weight excluding hydrogens is 254 g/mol. The first kappa shape index (κ1) is 14.7. The van der Waals surface area contributed by atoms with Crippen LogP contribution in [-0.2, 0) is 4.74 Å². The molecule has 1 aromatic carbocycles. The van der Waals surface area contributed by atoms with Crippen molar-refractivity contribution in [1.29, 1.82) is 0 Å². The lowest BCUT2D eigenvalue weighted by Crippen LogP contribution is -2.17. The smallest absolute Gasteiger partial charge is 0.243 e. The lowest BCUT2D eigenvalue weighted by Gasteiger charge is -2.13. The van der Waals surface area contributed by atoms with Crippen molar-refractivity contribution in [3.05, 3.63) is 47.6 Å². The van der Waals surface area contributed by atoms with Gasteiger partial charge in [-0.25, -0.2) is 0 Å². The molecule has 0 amide bonds. The van der Waals surface area contributed by atoms with E-state index in [1.165, 1.54) is 0 Å². The van der Waals surface area contributed by atoms with Gasteiger partial charge in [-0.3, -0.25) is 0 Å². The number of ether oxygens (including phenoxy) is 1.